The number of hydrogen-bond donors (Lipinski definition) is 1. The van der Waals surface area contributed by atoms with Crippen molar-refractivity contribution in [3.8, 4) is 0 Å². The molecule has 1 N–H and O–H groups in total. The third-order valence-corrected chi connectivity index (χ3v) is 3.97. The molecule has 1 rings (SSSR count). The van der Waals surface area contributed by atoms with Crippen molar-refractivity contribution in [3.63, 3.8) is 0 Å². The van der Waals surface area contributed by atoms with E-state index in [1.54, 1.807) is 13.8 Å². The Bertz CT molecular complexity index is 348. The van der Waals surface area contributed by atoms with Crippen LogP contribution in [0.1, 0.15) is 20.3 Å². The van der Waals surface area contributed by atoms with Crippen LogP contribution in [-0.4, -0.2) is 42.6 Å². The zero-order chi connectivity index (χ0) is 14.0. The lowest BCUT2D eigenvalue weighted by Gasteiger charge is -2.14. The molecule has 0 saturated heterocycles. The minimum absolute atomic E-state index is 0.141. The maximum Gasteiger partial charge on any atom is 0.315 e. The molecule has 0 aromatic carbocycles. The molecule has 0 bridgehead atoms. The zero-order valence-electron chi connectivity index (χ0n) is 10.6. The van der Waals surface area contributed by atoms with Crippen molar-refractivity contribution < 1.29 is 19.1 Å². The summed E-state index contributed by atoms with van der Waals surface area (Å²) in [5.74, 6) is -0.936. The van der Waals surface area contributed by atoms with Crippen LogP contribution >= 0.6 is 23.2 Å². The van der Waals surface area contributed by atoms with Crippen molar-refractivity contribution in [2.75, 3.05) is 20.3 Å². The quantitative estimate of drug-likeness (QED) is 0.592. The number of ether oxygens (including phenoxy) is 2. The first-order chi connectivity index (χ1) is 8.23. The van der Waals surface area contributed by atoms with Gasteiger partial charge in [0.1, 0.15) is 9.75 Å². The van der Waals surface area contributed by atoms with Crippen LogP contribution in [0, 0.1) is 5.41 Å². The highest BCUT2D eigenvalue weighted by molar-refractivity contribution is 6.53. The third kappa shape index (κ3) is 3.49. The molecule has 0 aliphatic heterocycles. The van der Waals surface area contributed by atoms with E-state index < -0.39 is 15.7 Å². The fourth-order valence-corrected chi connectivity index (χ4v) is 2.21. The summed E-state index contributed by atoms with van der Waals surface area (Å²) >= 11 is 11.7. The molecule has 0 radical (unpaired) electrons. The smallest absolute Gasteiger partial charge is 0.315 e. The Morgan fingerprint density at radius 1 is 1.44 bits per heavy atom. The number of halogens is 2. The molecule has 1 saturated carbocycles. The minimum Gasteiger partial charge on any atom is -0.455 e. The van der Waals surface area contributed by atoms with E-state index in [-0.39, 0.29) is 18.6 Å². The van der Waals surface area contributed by atoms with Crippen LogP contribution in [0.2, 0.25) is 0 Å². The number of methoxy groups -OCH3 is 1. The van der Waals surface area contributed by atoms with Gasteiger partial charge in [0.25, 0.3) is 5.91 Å². The summed E-state index contributed by atoms with van der Waals surface area (Å²) in [6, 6.07) is -0.141. The number of nitrogens with one attached hydrogen (secondary N) is 1. The second kappa shape index (κ2) is 5.63. The summed E-state index contributed by atoms with van der Waals surface area (Å²) in [7, 11) is 1.54. The predicted molar refractivity (Wildman–Crippen MR) is 67.6 cm³/mol. The molecule has 1 aliphatic rings. The molecular formula is C11H17Cl2NO4. The summed E-state index contributed by atoms with van der Waals surface area (Å²) in [6.45, 7) is 3.45. The first-order valence-electron chi connectivity index (χ1n) is 5.56. The molecule has 18 heavy (non-hydrogen) atoms. The standard InChI is InChI=1S/C11H17Cl2NO4/c1-7(4-17-3)14-8(15)5-18-9(16)10(2)6-11(10,12)13/h7H,4-6H2,1-3H3,(H,14,15). The van der Waals surface area contributed by atoms with Crippen LogP contribution < -0.4 is 5.32 Å². The van der Waals surface area contributed by atoms with E-state index in [0.29, 0.717) is 13.0 Å². The van der Waals surface area contributed by atoms with E-state index in [2.05, 4.69) is 5.32 Å². The molecule has 1 fully saturated rings. The molecule has 104 valence electrons. The number of alkyl halides is 2. The van der Waals surface area contributed by atoms with Crippen LogP contribution in [0.5, 0.6) is 0 Å². The van der Waals surface area contributed by atoms with Gasteiger partial charge in [-0.15, -0.1) is 23.2 Å². The molecule has 0 spiro atoms. The topological polar surface area (TPSA) is 64.6 Å². The van der Waals surface area contributed by atoms with Crippen molar-refractivity contribution >= 4 is 35.1 Å². The van der Waals surface area contributed by atoms with Crippen LogP contribution in [-0.2, 0) is 19.1 Å². The summed E-state index contributed by atoms with van der Waals surface area (Å²) in [5, 5.41) is 2.62. The van der Waals surface area contributed by atoms with Crippen LogP contribution in [0.25, 0.3) is 0 Å². The van der Waals surface area contributed by atoms with E-state index in [9.17, 15) is 9.59 Å². The average molecular weight is 298 g/mol. The van der Waals surface area contributed by atoms with E-state index >= 15 is 0 Å². The number of rotatable bonds is 6. The van der Waals surface area contributed by atoms with Gasteiger partial charge < -0.3 is 14.8 Å². The fourth-order valence-electron chi connectivity index (χ4n) is 1.52. The van der Waals surface area contributed by atoms with Gasteiger partial charge in [-0.3, -0.25) is 9.59 Å². The van der Waals surface area contributed by atoms with Crippen molar-refractivity contribution in [1.29, 1.82) is 0 Å². The molecule has 0 heterocycles. The van der Waals surface area contributed by atoms with Crippen molar-refractivity contribution in [2.24, 2.45) is 5.41 Å². The Morgan fingerprint density at radius 3 is 2.44 bits per heavy atom. The number of esters is 1. The number of carbonyl (C=O) groups excluding carboxylic acids is 2. The second-order valence-electron chi connectivity index (χ2n) is 4.71. The maximum absolute atomic E-state index is 11.7. The van der Waals surface area contributed by atoms with Crippen LogP contribution in [0.15, 0.2) is 0 Å². The van der Waals surface area contributed by atoms with Gasteiger partial charge in [-0.05, 0) is 13.8 Å². The first kappa shape index (κ1) is 15.5. The molecule has 1 amide bonds. The minimum atomic E-state index is -1.08. The van der Waals surface area contributed by atoms with E-state index in [4.69, 9.17) is 32.7 Å². The van der Waals surface area contributed by atoms with Gasteiger partial charge in [0.05, 0.1) is 6.61 Å². The summed E-state index contributed by atoms with van der Waals surface area (Å²) in [4.78, 5) is 23.1. The molecule has 1 aliphatic carbocycles. The van der Waals surface area contributed by atoms with E-state index in [1.807, 2.05) is 0 Å². The highest BCUT2D eigenvalue weighted by Gasteiger charge is 2.69. The Kier molecular flexibility index (Phi) is 4.86. The van der Waals surface area contributed by atoms with Gasteiger partial charge in [0, 0.05) is 19.6 Å². The maximum atomic E-state index is 11.7. The lowest BCUT2D eigenvalue weighted by Crippen LogP contribution is -2.39. The highest BCUT2D eigenvalue weighted by Crippen LogP contribution is 2.64. The number of hydrogen-bond acceptors (Lipinski definition) is 4. The van der Waals surface area contributed by atoms with Crippen molar-refractivity contribution in [1.82, 2.24) is 5.32 Å². The monoisotopic (exact) mass is 297 g/mol. The largest absolute Gasteiger partial charge is 0.455 e. The lowest BCUT2D eigenvalue weighted by atomic mass is 10.1. The predicted octanol–water partition coefficient (Wildman–Crippen LogP) is 1.26. The van der Waals surface area contributed by atoms with Gasteiger partial charge in [-0.2, -0.15) is 0 Å². The lowest BCUT2D eigenvalue weighted by molar-refractivity contribution is -0.153. The summed E-state index contributed by atoms with van der Waals surface area (Å²) < 4.78 is 8.67. The van der Waals surface area contributed by atoms with E-state index in [0.717, 1.165) is 0 Å². The first-order valence-corrected chi connectivity index (χ1v) is 6.32. The fraction of sp³-hybridized carbons (Fsp3) is 0.818. The molecule has 2 atom stereocenters. The molecule has 5 nitrogen and oxygen atoms in total. The average Bonchev–Trinajstić information content (AvgIpc) is 2.76. The molecule has 7 heteroatoms. The van der Waals surface area contributed by atoms with Gasteiger partial charge in [0.2, 0.25) is 0 Å². The normalized spacial score (nSPS) is 26.3. The highest BCUT2D eigenvalue weighted by atomic mass is 35.5. The Hall–Kier alpha value is -0.520. The number of carbonyl (C=O) groups is 2. The Morgan fingerprint density at radius 2 is 2.00 bits per heavy atom. The summed E-state index contributed by atoms with van der Waals surface area (Å²) in [6.07, 6.45) is 0.337. The van der Waals surface area contributed by atoms with Crippen molar-refractivity contribution in [3.05, 3.63) is 0 Å². The Labute approximate surface area is 116 Å². The van der Waals surface area contributed by atoms with Gasteiger partial charge in [0.15, 0.2) is 6.61 Å². The van der Waals surface area contributed by atoms with Gasteiger partial charge in [-0.1, -0.05) is 0 Å². The zero-order valence-corrected chi connectivity index (χ0v) is 12.1. The Balaban J connectivity index is 2.29. The van der Waals surface area contributed by atoms with Crippen molar-refractivity contribution in [2.45, 2.75) is 30.6 Å². The van der Waals surface area contributed by atoms with Gasteiger partial charge in [-0.25, -0.2) is 0 Å². The summed E-state index contributed by atoms with van der Waals surface area (Å²) in [5.41, 5.74) is -0.908. The molecule has 2 unspecified atom stereocenters. The number of amides is 1. The third-order valence-electron chi connectivity index (χ3n) is 2.87. The second-order valence-corrected chi connectivity index (χ2v) is 6.20. The van der Waals surface area contributed by atoms with Crippen LogP contribution in [0.4, 0.5) is 0 Å². The SMILES string of the molecule is COCC(C)NC(=O)COC(=O)C1(C)CC1(Cl)Cl. The molecular weight excluding hydrogens is 281 g/mol. The molecule has 0 aromatic heterocycles. The van der Waals surface area contributed by atoms with E-state index in [1.165, 1.54) is 7.11 Å². The van der Waals surface area contributed by atoms with Crippen LogP contribution in [0.3, 0.4) is 0 Å². The molecule has 0 aromatic rings. The van der Waals surface area contributed by atoms with Gasteiger partial charge >= 0.3 is 5.97 Å².